The maximum absolute atomic E-state index is 12.0. The van der Waals surface area contributed by atoms with E-state index in [1.165, 1.54) is 25.3 Å². The van der Waals surface area contributed by atoms with Crippen LogP contribution < -0.4 is 20.1 Å². The Kier molecular flexibility index (Phi) is 9.72. The highest BCUT2D eigenvalue weighted by atomic mass is 32.1. The van der Waals surface area contributed by atoms with Crippen molar-refractivity contribution in [2.45, 2.75) is 32.6 Å². The summed E-state index contributed by atoms with van der Waals surface area (Å²) in [4.78, 5) is 12.0. The van der Waals surface area contributed by atoms with E-state index in [0.717, 1.165) is 35.8 Å². The zero-order chi connectivity index (χ0) is 20.9. The van der Waals surface area contributed by atoms with Gasteiger partial charge in [0.15, 0.2) is 5.11 Å². The highest BCUT2D eigenvalue weighted by Crippen LogP contribution is 2.16. The maximum atomic E-state index is 12.0. The molecule has 0 bridgehead atoms. The fraction of sp³-hybridized carbons (Fsp3) is 0.304. The molecule has 0 aliphatic heterocycles. The molecular formula is C23H28N2O3S. The molecular weight excluding hydrogens is 384 g/mol. The molecule has 6 heteroatoms. The largest absolute Gasteiger partial charge is 0.497 e. The lowest BCUT2D eigenvalue weighted by Gasteiger charge is -2.10. The van der Waals surface area contributed by atoms with Crippen LogP contribution in [0.4, 0.5) is 5.69 Å². The van der Waals surface area contributed by atoms with E-state index in [4.69, 9.17) is 21.7 Å². The average molecular weight is 413 g/mol. The highest BCUT2D eigenvalue weighted by molar-refractivity contribution is 7.80. The highest BCUT2D eigenvalue weighted by Gasteiger charge is 2.02. The summed E-state index contributed by atoms with van der Waals surface area (Å²) in [6.07, 6.45) is 7.86. The summed E-state index contributed by atoms with van der Waals surface area (Å²) in [6.45, 7) is 2.92. The molecule has 154 valence electrons. The van der Waals surface area contributed by atoms with Crippen molar-refractivity contribution in [3.05, 3.63) is 60.2 Å². The predicted molar refractivity (Wildman–Crippen MR) is 122 cm³/mol. The van der Waals surface area contributed by atoms with Crippen molar-refractivity contribution < 1.29 is 14.3 Å². The first kappa shape index (κ1) is 22.4. The van der Waals surface area contributed by atoms with Gasteiger partial charge in [-0.3, -0.25) is 10.1 Å². The monoisotopic (exact) mass is 412 g/mol. The summed E-state index contributed by atoms with van der Waals surface area (Å²) in [5, 5.41) is 5.86. The molecule has 0 radical (unpaired) electrons. The second-order valence-electron chi connectivity index (χ2n) is 6.48. The van der Waals surface area contributed by atoms with E-state index in [1.807, 2.05) is 48.5 Å². The van der Waals surface area contributed by atoms with Crippen molar-refractivity contribution in [3.8, 4) is 11.5 Å². The van der Waals surface area contributed by atoms with Gasteiger partial charge in [-0.1, -0.05) is 38.3 Å². The van der Waals surface area contributed by atoms with E-state index in [9.17, 15) is 4.79 Å². The number of carbonyl (C=O) groups excluding carboxylic acids is 1. The van der Waals surface area contributed by atoms with Gasteiger partial charge < -0.3 is 14.8 Å². The third kappa shape index (κ3) is 8.79. The van der Waals surface area contributed by atoms with Crippen molar-refractivity contribution in [2.24, 2.45) is 0 Å². The summed E-state index contributed by atoms with van der Waals surface area (Å²) < 4.78 is 10.8. The Bertz CT molecular complexity index is 802. The normalized spacial score (nSPS) is 10.6. The van der Waals surface area contributed by atoms with E-state index in [2.05, 4.69) is 17.6 Å². The third-order valence-corrected chi connectivity index (χ3v) is 4.36. The lowest BCUT2D eigenvalue weighted by Crippen LogP contribution is -2.32. The van der Waals surface area contributed by atoms with Crippen LogP contribution in [-0.4, -0.2) is 24.7 Å². The molecule has 0 saturated heterocycles. The molecule has 0 aromatic heterocycles. The lowest BCUT2D eigenvalue weighted by atomic mass is 10.2. The molecule has 0 unspecified atom stereocenters. The number of carbonyl (C=O) groups is 1. The fourth-order valence-corrected chi connectivity index (χ4v) is 2.77. The van der Waals surface area contributed by atoms with Crippen LogP contribution in [0.2, 0.25) is 0 Å². The van der Waals surface area contributed by atoms with Crippen LogP contribution in [0.1, 0.15) is 38.2 Å². The Hall–Kier alpha value is -2.86. The van der Waals surface area contributed by atoms with Crippen LogP contribution in [0.3, 0.4) is 0 Å². The lowest BCUT2D eigenvalue weighted by molar-refractivity contribution is -0.115. The molecule has 29 heavy (non-hydrogen) atoms. The van der Waals surface area contributed by atoms with Crippen molar-refractivity contribution in [2.75, 3.05) is 19.0 Å². The number of unbranched alkanes of at least 4 members (excludes halogenated alkanes) is 3. The first-order valence-corrected chi connectivity index (χ1v) is 10.2. The quantitative estimate of drug-likeness (QED) is 0.320. The molecule has 0 spiro atoms. The van der Waals surface area contributed by atoms with Gasteiger partial charge in [-0.05, 0) is 66.7 Å². The fourth-order valence-electron chi connectivity index (χ4n) is 2.56. The molecule has 0 fully saturated rings. The third-order valence-electron chi connectivity index (χ3n) is 4.16. The zero-order valence-electron chi connectivity index (χ0n) is 16.9. The first-order valence-electron chi connectivity index (χ1n) is 9.77. The van der Waals surface area contributed by atoms with Crippen LogP contribution in [0, 0.1) is 0 Å². The van der Waals surface area contributed by atoms with Gasteiger partial charge in [-0.15, -0.1) is 0 Å². The topological polar surface area (TPSA) is 59.6 Å². The Morgan fingerprint density at radius 1 is 1.00 bits per heavy atom. The number of hydrogen-bond donors (Lipinski definition) is 2. The molecule has 0 heterocycles. The summed E-state index contributed by atoms with van der Waals surface area (Å²) in [6, 6.07) is 14.9. The van der Waals surface area contributed by atoms with Crippen LogP contribution in [0.5, 0.6) is 11.5 Å². The summed E-state index contributed by atoms with van der Waals surface area (Å²) in [5.74, 6) is 1.29. The Morgan fingerprint density at radius 2 is 1.69 bits per heavy atom. The molecule has 2 rings (SSSR count). The predicted octanol–water partition coefficient (Wildman–Crippen LogP) is 5.18. The second-order valence-corrected chi connectivity index (χ2v) is 6.89. The summed E-state index contributed by atoms with van der Waals surface area (Å²) in [5.41, 5.74) is 1.68. The van der Waals surface area contributed by atoms with Crippen molar-refractivity contribution >= 4 is 35.0 Å². The smallest absolute Gasteiger partial charge is 0.250 e. The maximum Gasteiger partial charge on any atom is 0.250 e. The molecule has 5 nitrogen and oxygen atoms in total. The number of amides is 1. The molecule has 2 N–H and O–H groups in total. The SMILES string of the molecule is CCCCCCOc1ccc(NC(=S)NC(=O)C=Cc2ccc(OC)cc2)cc1. The molecule has 1 amide bonds. The van der Waals surface area contributed by atoms with E-state index in [-0.39, 0.29) is 11.0 Å². The summed E-state index contributed by atoms with van der Waals surface area (Å²) in [7, 11) is 1.61. The van der Waals surface area contributed by atoms with Gasteiger partial charge in [-0.25, -0.2) is 0 Å². The van der Waals surface area contributed by atoms with Gasteiger partial charge >= 0.3 is 0 Å². The van der Waals surface area contributed by atoms with Gasteiger partial charge in [0, 0.05) is 11.8 Å². The summed E-state index contributed by atoms with van der Waals surface area (Å²) >= 11 is 5.19. The van der Waals surface area contributed by atoms with Crippen molar-refractivity contribution in [3.63, 3.8) is 0 Å². The minimum atomic E-state index is -0.301. The van der Waals surface area contributed by atoms with Gasteiger partial charge in [0.1, 0.15) is 11.5 Å². The molecule has 0 aliphatic carbocycles. The molecule has 2 aromatic carbocycles. The number of thiocarbonyl (C=S) groups is 1. The van der Waals surface area contributed by atoms with E-state index >= 15 is 0 Å². The van der Waals surface area contributed by atoms with E-state index < -0.39 is 0 Å². The minimum absolute atomic E-state index is 0.239. The van der Waals surface area contributed by atoms with E-state index in [0.29, 0.717) is 0 Å². The standard InChI is InChI=1S/C23H28N2O3S/c1-3-4-5-6-17-28-21-14-10-19(11-15-21)24-23(29)25-22(26)16-9-18-7-12-20(27-2)13-8-18/h7-16H,3-6,17H2,1-2H3,(H2,24,25,26,29). The zero-order valence-corrected chi connectivity index (χ0v) is 17.8. The molecule has 0 saturated carbocycles. The average Bonchev–Trinajstić information content (AvgIpc) is 2.73. The molecule has 2 aromatic rings. The minimum Gasteiger partial charge on any atom is -0.497 e. The number of rotatable bonds is 10. The number of ether oxygens (including phenoxy) is 2. The second kappa shape index (κ2) is 12.6. The Balaban J connectivity index is 1.74. The van der Waals surface area contributed by atoms with Gasteiger partial charge in [0.2, 0.25) is 5.91 Å². The van der Waals surface area contributed by atoms with Gasteiger partial charge in [0.05, 0.1) is 13.7 Å². The van der Waals surface area contributed by atoms with Crippen molar-refractivity contribution in [1.82, 2.24) is 5.32 Å². The number of nitrogens with one attached hydrogen (secondary N) is 2. The number of benzene rings is 2. The van der Waals surface area contributed by atoms with Crippen LogP contribution in [0.15, 0.2) is 54.6 Å². The van der Waals surface area contributed by atoms with Gasteiger partial charge in [-0.2, -0.15) is 0 Å². The van der Waals surface area contributed by atoms with E-state index in [1.54, 1.807) is 13.2 Å². The number of methoxy groups -OCH3 is 1. The Morgan fingerprint density at radius 3 is 2.34 bits per heavy atom. The number of hydrogen-bond acceptors (Lipinski definition) is 4. The van der Waals surface area contributed by atoms with Gasteiger partial charge in [0.25, 0.3) is 0 Å². The van der Waals surface area contributed by atoms with Crippen LogP contribution >= 0.6 is 12.2 Å². The molecule has 0 aliphatic rings. The number of anilines is 1. The Labute approximate surface area is 178 Å². The molecule has 0 atom stereocenters. The first-order chi connectivity index (χ1) is 14.1. The van der Waals surface area contributed by atoms with Crippen molar-refractivity contribution in [1.29, 1.82) is 0 Å². The van der Waals surface area contributed by atoms with Crippen LogP contribution in [-0.2, 0) is 4.79 Å². The van der Waals surface area contributed by atoms with Crippen LogP contribution in [0.25, 0.3) is 6.08 Å².